The van der Waals surface area contributed by atoms with Gasteiger partial charge in [0.15, 0.2) is 5.96 Å². The smallest absolute Gasteiger partial charge is 0.191 e. The molecule has 0 aliphatic rings. The minimum absolute atomic E-state index is 0.147. The summed E-state index contributed by atoms with van der Waals surface area (Å²) in [5.74, 6) is 0.836. The fourth-order valence-electron chi connectivity index (χ4n) is 2.02. The second kappa shape index (κ2) is 9.06. The molecule has 0 aliphatic carbocycles. The van der Waals surface area contributed by atoms with Gasteiger partial charge < -0.3 is 16.0 Å². The molecule has 0 aromatic heterocycles. The molecule has 0 atom stereocenters. The maximum absolute atomic E-state index is 4.27. The molecule has 124 valence electrons. The molecule has 0 unspecified atom stereocenters. The zero-order valence-corrected chi connectivity index (χ0v) is 15.5. The van der Waals surface area contributed by atoms with E-state index in [0.29, 0.717) is 0 Å². The molecule has 3 N–H and O–H groups in total. The number of nitrogens with zero attached hydrogens (tertiary/aromatic N) is 1. The third-order valence-corrected chi connectivity index (χ3v) is 4.01. The molecule has 1 aromatic rings. The zero-order chi connectivity index (χ0) is 16.6. The number of aliphatic imine (C=N–C) groups is 1. The van der Waals surface area contributed by atoms with Crippen LogP contribution in [0.5, 0.6) is 0 Å². The Morgan fingerprint density at radius 2 is 1.91 bits per heavy atom. The van der Waals surface area contributed by atoms with Gasteiger partial charge in [0, 0.05) is 37.1 Å². The lowest BCUT2D eigenvalue weighted by molar-refractivity contribution is 0.428. The lowest BCUT2D eigenvalue weighted by atomic mass is 10.1. The van der Waals surface area contributed by atoms with Crippen LogP contribution < -0.4 is 16.0 Å². The average molecular weight is 323 g/mol. The fourth-order valence-corrected chi connectivity index (χ4v) is 2.72. The first kappa shape index (κ1) is 18.8. The molecule has 0 saturated heterocycles. The molecule has 0 bridgehead atoms. The number of benzene rings is 1. The van der Waals surface area contributed by atoms with Crippen molar-refractivity contribution in [1.29, 1.82) is 0 Å². The normalized spacial score (nSPS) is 12.4. The Balaban J connectivity index is 2.44. The van der Waals surface area contributed by atoms with Crippen LogP contribution in [0.15, 0.2) is 28.1 Å². The summed E-state index contributed by atoms with van der Waals surface area (Å²) in [6, 6.07) is 6.56. The van der Waals surface area contributed by atoms with E-state index in [2.05, 4.69) is 73.1 Å². The van der Waals surface area contributed by atoms with E-state index in [4.69, 9.17) is 0 Å². The summed E-state index contributed by atoms with van der Waals surface area (Å²) in [6.45, 7) is 11.2. The van der Waals surface area contributed by atoms with Crippen molar-refractivity contribution in [1.82, 2.24) is 16.0 Å². The molecular weight excluding hydrogens is 292 g/mol. The van der Waals surface area contributed by atoms with Crippen molar-refractivity contribution in [3.8, 4) is 0 Å². The van der Waals surface area contributed by atoms with Gasteiger partial charge in [-0.15, -0.1) is 11.8 Å². The monoisotopic (exact) mass is 322 g/mol. The van der Waals surface area contributed by atoms with Gasteiger partial charge in [0.1, 0.15) is 0 Å². The molecule has 22 heavy (non-hydrogen) atoms. The molecule has 0 spiro atoms. The van der Waals surface area contributed by atoms with E-state index in [1.165, 1.54) is 16.0 Å². The van der Waals surface area contributed by atoms with Gasteiger partial charge in [-0.3, -0.25) is 4.99 Å². The predicted octanol–water partition coefficient (Wildman–Crippen LogP) is 2.77. The predicted molar refractivity (Wildman–Crippen MR) is 98.9 cm³/mol. The minimum atomic E-state index is 0.147. The third kappa shape index (κ3) is 7.18. The van der Waals surface area contributed by atoms with E-state index < -0.39 is 0 Å². The summed E-state index contributed by atoms with van der Waals surface area (Å²) in [4.78, 5) is 5.59. The first-order chi connectivity index (χ1) is 10.4. The van der Waals surface area contributed by atoms with Crippen molar-refractivity contribution in [3.63, 3.8) is 0 Å². The Hall–Kier alpha value is -1.20. The summed E-state index contributed by atoms with van der Waals surface area (Å²) in [5.41, 5.74) is 2.74. The maximum atomic E-state index is 4.27. The van der Waals surface area contributed by atoms with Crippen molar-refractivity contribution in [2.45, 2.75) is 44.7 Å². The van der Waals surface area contributed by atoms with E-state index >= 15 is 0 Å². The van der Waals surface area contributed by atoms with Crippen molar-refractivity contribution in [2.24, 2.45) is 4.99 Å². The van der Waals surface area contributed by atoms with Gasteiger partial charge in [-0.25, -0.2) is 0 Å². The van der Waals surface area contributed by atoms with E-state index in [9.17, 15) is 0 Å². The molecule has 5 heteroatoms. The van der Waals surface area contributed by atoms with E-state index in [0.717, 1.165) is 25.6 Å². The summed E-state index contributed by atoms with van der Waals surface area (Å²) in [6.07, 6.45) is 2.11. The number of thioether (sulfide) groups is 1. The summed E-state index contributed by atoms with van der Waals surface area (Å²) in [7, 11) is 1.80. The Bertz CT molecular complexity index is 492. The van der Waals surface area contributed by atoms with Crippen molar-refractivity contribution in [2.75, 3.05) is 26.4 Å². The van der Waals surface area contributed by atoms with Gasteiger partial charge in [-0.1, -0.05) is 12.1 Å². The molecule has 0 aliphatic heterocycles. The van der Waals surface area contributed by atoms with Gasteiger partial charge in [0.25, 0.3) is 0 Å². The quantitative estimate of drug-likeness (QED) is 0.326. The van der Waals surface area contributed by atoms with Crippen LogP contribution in [0.25, 0.3) is 0 Å². The van der Waals surface area contributed by atoms with E-state index in [-0.39, 0.29) is 5.54 Å². The molecule has 1 rings (SSSR count). The Labute approximate surface area is 139 Å². The van der Waals surface area contributed by atoms with Gasteiger partial charge in [0.2, 0.25) is 0 Å². The summed E-state index contributed by atoms with van der Waals surface area (Å²) >= 11 is 1.78. The number of hydrogen-bond acceptors (Lipinski definition) is 3. The number of guanidine groups is 1. The lowest BCUT2D eigenvalue weighted by Crippen LogP contribution is -2.44. The first-order valence-electron chi connectivity index (χ1n) is 7.69. The molecule has 1 aromatic carbocycles. The Kier molecular flexibility index (Phi) is 7.76. The van der Waals surface area contributed by atoms with Crippen molar-refractivity contribution in [3.05, 3.63) is 29.3 Å². The molecule has 0 heterocycles. The highest BCUT2D eigenvalue weighted by Gasteiger charge is 2.08. The topological polar surface area (TPSA) is 48.5 Å². The van der Waals surface area contributed by atoms with E-state index in [1.54, 1.807) is 18.8 Å². The van der Waals surface area contributed by atoms with Crippen molar-refractivity contribution < 1.29 is 0 Å². The Morgan fingerprint density at radius 1 is 1.18 bits per heavy atom. The molecule has 0 amide bonds. The van der Waals surface area contributed by atoms with Crippen LogP contribution >= 0.6 is 11.8 Å². The van der Waals surface area contributed by atoms with Crippen molar-refractivity contribution >= 4 is 17.7 Å². The van der Waals surface area contributed by atoms with Crippen LogP contribution in [0.4, 0.5) is 0 Å². The first-order valence-corrected chi connectivity index (χ1v) is 8.91. The SMILES string of the molecule is CN=C(NCCNC(C)(C)C)NCc1ccc(C)cc1SC. The zero-order valence-electron chi connectivity index (χ0n) is 14.7. The number of nitrogens with one attached hydrogen (secondary N) is 3. The minimum Gasteiger partial charge on any atom is -0.355 e. The number of hydrogen-bond donors (Lipinski definition) is 3. The van der Waals surface area contributed by atoms with Gasteiger partial charge in [-0.2, -0.15) is 0 Å². The average Bonchev–Trinajstić information content (AvgIpc) is 2.46. The standard InChI is InChI=1S/C17H30N4S/c1-13-7-8-14(15(11-13)22-6)12-20-16(18-5)19-9-10-21-17(2,3)4/h7-8,11,21H,9-10,12H2,1-6H3,(H2,18,19,20). The lowest BCUT2D eigenvalue weighted by Gasteiger charge is -2.21. The van der Waals surface area contributed by atoms with Gasteiger partial charge >= 0.3 is 0 Å². The van der Waals surface area contributed by atoms with Crippen LogP contribution in [-0.2, 0) is 6.54 Å². The molecule has 0 saturated carbocycles. The molecular formula is C17H30N4S. The highest BCUT2D eigenvalue weighted by atomic mass is 32.2. The number of rotatable bonds is 6. The van der Waals surface area contributed by atoms with E-state index in [1.807, 2.05) is 0 Å². The highest BCUT2D eigenvalue weighted by molar-refractivity contribution is 7.98. The highest BCUT2D eigenvalue weighted by Crippen LogP contribution is 2.21. The van der Waals surface area contributed by atoms with Gasteiger partial charge in [0.05, 0.1) is 0 Å². The largest absolute Gasteiger partial charge is 0.355 e. The van der Waals surface area contributed by atoms with Crippen LogP contribution in [0.3, 0.4) is 0 Å². The number of aryl methyl sites for hydroxylation is 1. The second-order valence-electron chi connectivity index (χ2n) is 6.34. The van der Waals surface area contributed by atoms with Gasteiger partial charge in [-0.05, 0) is 51.1 Å². The molecule has 0 fully saturated rings. The molecule has 0 radical (unpaired) electrons. The third-order valence-electron chi connectivity index (χ3n) is 3.19. The fraction of sp³-hybridized carbons (Fsp3) is 0.588. The maximum Gasteiger partial charge on any atom is 0.191 e. The molecule has 4 nitrogen and oxygen atoms in total. The van der Waals surface area contributed by atoms with Crippen LogP contribution in [0, 0.1) is 6.92 Å². The Morgan fingerprint density at radius 3 is 2.50 bits per heavy atom. The summed E-state index contributed by atoms with van der Waals surface area (Å²) in [5, 5.41) is 10.2. The summed E-state index contributed by atoms with van der Waals surface area (Å²) < 4.78 is 0. The van der Waals surface area contributed by atoms with Crippen LogP contribution in [-0.4, -0.2) is 37.9 Å². The van der Waals surface area contributed by atoms with Crippen LogP contribution in [0.1, 0.15) is 31.9 Å². The second-order valence-corrected chi connectivity index (χ2v) is 7.19. The van der Waals surface area contributed by atoms with Crippen LogP contribution in [0.2, 0.25) is 0 Å².